The van der Waals surface area contributed by atoms with E-state index in [0.29, 0.717) is 0 Å². The Balaban J connectivity index is 1.88. The molecule has 2 heterocycles. The van der Waals surface area contributed by atoms with Crippen molar-refractivity contribution >= 4 is 33.2 Å². The minimum atomic E-state index is 0.147. The van der Waals surface area contributed by atoms with Crippen LogP contribution in [-0.4, -0.2) is 17.4 Å². The van der Waals surface area contributed by atoms with Gasteiger partial charge >= 0.3 is 0 Å². The first-order chi connectivity index (χ1) is 9.27. The van der Waals surface area contributed by atoms with Crippen molar-refractivity contribution in [2.75, 3.05) is 6.54 Å². The zero-order valence-electron chi connectivity index (χ0n) is 10.4. The van der Waals surface area contributed by atoms with Crippen LogP contribution < -0.4 is 0 Å². The van der Waals surface area contributed by atoms with E-state index in [1.807, 2.05) is 34.5 Å². The first-order valence-corrected chi connectivity index (χ1v) is 8.03. The van der Waals surface area contributed by atoms with E-state index in [9.17, 15) is 4.79 Å². The molecule has 3 rings (SSSR count). The Morgan fingerprint density at radius 2 is 2.05 bits per heavy atom. The second-order valence-corrected chi connectivity index (χ2v) is 6.44. The Morgan fingerprint density at radius 3 is 2.74 bits per heavy atom. The van der Waals surface area contributed by atoms with Gasteiger partial charge in [0.15, 0.2) is 0 Å². The number of likely N-dealkylation sites (tertiary alicyclic amines) is 1. The van der Waals surface area contributed by atoms with Gasteiger partial charge in [-0.25, -0.2) is 0 Å². The van der Waals surface area contributed by atoms with Crippen LogP contribution in [0, 0.1) is 0 Å². The molecule has 1 atom stereocenters. The Bertz CT molecular complexity index is 581. The summed E-state index contributed by atoms with van der Waals surface area (Å²) in [6.07, 6.45) is 2.13. The molecule has 0 N–H and O–H groups in total. The van der Waals surface area contributed by atoms with E-state index in [4.69, 9.17) is 0 Å². The number of thiophene rings is 1. The summed E-state index contributed by atoms with van der Waals surface area (Å²) in [5.41, 5.74) is 1.24. The van der Waals surface area contributed by atoms with Crippen molar-refractivity contribution in [2.24, 2.45) is 0 Å². The van der Waals surface area contributed by atoms with Gasteiger partial charge < -0.3 is 4.90 Å². The van der Waals surface area contributed by atoms with Crippen LogP contribution >= 0.6 is 27.3 Å². The van der Waals surface area contributed by atoms with Gasteiger partial charge in [-0.1, -0.05) is 30.3 Å². The average molecular weight is 336 g/mol. The van der Waals surface area contributed by atoms with Gasteiger partial charge in [0.1, 0.15) is 4.88 Å². The van der Waals surface area contributed by atoms with Crippen LogP contribution in [0.5, 0.6) is 0 Å². The van der Waals surface area contributed by atoms with Crippen molar-refractivity contribution in [2.45, 2.75) is 18.9 Å². The van der Waals surface area contributed by atoms with E-state index >= 15 is 0 Å². The van der Waals surface area contributed by atoms with Gasteiger partial charge in [-0.2, -0.15) is 0 Å². The number of halogens is 1. The lowest BCUT2D eigenvalue weighted by molar-refractivity contribution is 0.0740. The number of amides is 1. The van der Waals surface area contributed by atoms with Crippen molar-refractivity contribution in [3.8, 4) is 0 Å². The van der Waals surface area contributed by atoms with Crippen LogP contribution in [-0.2, 0) is 0 Å². The number of hydrogen-bond donors (Lipinski definition) is 0. The van der Waals surface area contributed by atoms with Crippen molar-refractivity contribution in [3.63, 3.8) is 0 Å². The molecule has 0 bridgehead atoms. The Hall–Kier alpha value is -1.13. The van der Waals surface area contributed by atoms with Crippen molar-refractivity contribution in [1.82, 2.24) is 4.90 Å². The first-order valence-electron chi connectivity index (χ1n) is 6.36. The molecular weight excluding hydrogens is 322 g/mol. The van der Waals surface area contributed by atoms with Crippen LogP contribution in [0.1, 0.15) is 34.1 Å². The number of carbonyl (C=O) groups is 1. The molecule has 1 aromatic carbocycles. The maximum absolute atomic E-state index is 12.6. The lowest BCUT2D eigenvalue weighted by Gasteiger charge is -2.24. The maximum atomic E-state index is 12.6. The lowest BCUT2D eigenvalue weighted by Crippen LogP contribution is -2.30. The van der Waals surface area contributed by atoms with Crippen molar-refractivity contribution in [3.05, 3.63) is 56.7 Å². The summed E-state index contributed by atoms with van der Waals surface area (Å²) < 4.78 is 0.904. The molecule has 0 saturated carbocycles. The molecule has 0 radical (unpaired) electrons. The quantitative estimate of drug-likeness (QED) is 0.791. The highest BCUT2D eigenvalue weighted by Gasteiger charge is 2.31. The fourth-order valence-corrected chi connectivity index (χ4v) is 4.10. The van der Waals surface area contributed by atoms with Gasteiger partial charge in [0.2, 0.25) is 0 Å². The second kappa shape index (κ2) is 5.47. The summed E-state index contributed by atoms with van der Waals surface area (Å²) in [5.74, 6) is 0.147. The summed E-state index contributed by atoms with van der Waals surface area (Å²) in [4.78, 5) is 15.4. The average Bonchev–Trinajstić information content (AvgIpc) is 3.07. The molecule has 19 heavy (non-hydrogen) atoms. The summed E-state index contributed by atoms with van der Waals surface area (Å²) >= 11 is 4.96. The van der Waals surface area contributed by atoms with Gasteiger partial charge in [0.25, 0.3) is 5.91 Å². The maximum Gasteiger partial charge on any atom is 0.265 e. The Labute approximate surface area is 125 Å². The van der Waals surface area contributed by atoms with E-state index in [1.165, 1.54) is 16.9 Å². The molecule has 1 aliphatic heterocycles. The first kappa shape index (κ1) is 12.9. The van der Waals surface area contributed by atoms with E-state index in [0.717, 1.165) is 28.7 Å². The van der Waals surface area contributed by atoms with Crippen LogP contribution in [0.25, 0.3) is 0 Å². The van der Waals surface area contributed by atoms with Gasteiger partial charge in [-0.15, -0.1) is 11.3 Å². The lowest BCUT2D eigenvalue weighted by atomic mass is 10.0. The minimum absolute atomic E-state index is 0.147. The van der Waals surface area contributed by atoms with Gasteiger partial charge in [-0.05, 0) is 45.8 Å². The highest BCUT2D eigenvalue weighted by Crippen LogP contribution is 2.35. The zero-order chi connectivity index (χ0) is 13.2. The highest BCUT2D eigenvalue weighted by atomic mass is 79.9. The molecule has 1 unspecified atom stereocenters. The number of hydrogen-bond acceptors (Lipinski definition) is 2. The summed E-state index contributed by atoms with van der Waals surface area (Å²) in [7, 11) is 0. The highest BCUT2D eigenvalue weighted by molar-refractivity contribution is 9.10. The number of carbonyl (C=O) groups excluding carboxylic acids is 1. The number of nitrogens with zero attached hydrogens (tertiary/aromatic N) is 1. The predicted octanol–water partition coefficient (Wildman–Crippen LogP) is 4.49. The number of benzene rings is 1. The van der Waals surface area contributed by atoms with E-state index in [-0.39, 0.29) is 11.9 Å². The van der Waals surface area contributed by atoms with E-state index in [1.54, 1.807) is 0 Å². The van der Waals surface area contributed by atoms with Crippen LogP contribution in [0.15, 0.2) is 46.3 Å². The molecule has 0 spiro atoms. The monoisotopic (exact) mass is 335 g/mol. The Kier molecular flexibility index (Phi) is 3.71. The molecule has 0 aliphatic carbocycles. The fraction of sp³-hybridized carbons (Fsp3) is 0.267. The zero-order valence-corrected chi connectivity index (χ0v) is 12.8. The largest absolute Gasteiger partial charge is 0.331 e. The molecule has 98 valence electrons. The van der Waals surface area contributed by atoms with Crippen LogP contribution in [0.3, 0.4) is 0 Å². The normalized spacial score (nSPS) is 18.8. The third-order valence-corrected chi connectivity index (χ3v) is 5.34. The van der Waals surface area contributed by atoms with Crippen LogP contribution in [0.4, 0.5) is 0 Å². The second-order valence-electron chi connectivity index (χ2n) is 4.66. The third-order valence-electron chi connectivity index (χ3n) is 3.51. The molecule has 1 saturated heterocycles. The summed E-state index contributed by atoms with van der Waals surface area (Å²) in [5, 5.41) is 1.95. The smallest absolute Gasteiger partial charge is 0.265 e. The Morgan fingerprint density at radius 1 is 1.26 bits per heavy atom. The molecule has 1 aromatic heterocycles. The third kappa shape index (κ3) is 2.47. The molecule has 2 nitrogen and oxygen atoms in total. The molecule has 1 fully saturated rings. The molecule has 1 amide bonds. The van der Waals surface area contributed by atoms with Gasteiger partial charge in [-0.3, -0.25) is 4.79 Å². The van der Waals surface area contributed by atoms with E-state index in [2.05, 4.69) is 28.1 Å². The SMILES string of the molecule is O=C(c1sccc1Br)N1CCCC1c1ccccc1. The predicted molar refractivity (Wildman–Crippen MR) is 81.5 cm³/mol. The summed E-state index contributed by atoms with van der Waals surface area (Å²) in [6, 6.07) is 12.5. The summed E-state index contributed by atoms with van der Waals surface area (Å²) in [6.45, 7) is 0.850. The standard InChI is InChI=1S/C15H14BrNOS/c16-12-8-10-19-14(12)15(18)17-9-4-7-13(17)11-5-2-1-3-6-11/h1-3,5-6,8,10,13H,4,7,9H2. The van der Waals surface area contributed by atoms with E-state index < -0.39 is 0 Å². The minimum Gasteiger partial charge on any atom is -0.331 e. The van der Waals surface area contributed by atoms with Crippen molar-refractivity contribution in [1.29, 1.82) is 0 Å². The fourth-order valence-electron chi connectivity index (χ4n) is 2.61. The topological polar surface area (TPSA) is 20.3 Å². The van der Waals surface area contributed by atoms with Crippen LogP contribution in [0.2, 0.25) is 0 Å². The molecular formula is C15H14BrNOS. The number of rotatable bonds is 2. The molecule has 1 aliphatic rings. The molecule has 4 heteroatoms. The molecule has 2 aromatic rings. The van der Waals surface area contributed by atoms with Gasteiger partial charge in [0, 0.05) is 11.0 Å². The van der Waals surface area contributed by atoms with Gasteiger partial charge in [0.05, 0.1) is 6.04 Å². The van der Waals surface area contributed by atoms with Crippen molar-refractivity contribution < 1.29 is 4.79 Å².